The smallest absolute Gasteiger partial charge is 0.268 e. The number of allylic oxidation sites excluding steroid dienone is 1. The van der Waals surface area contributed by atoms with E-state index >= 15 is 0 Å². The molecular weight excluding hydrogens is 318 g/mol. The third-order valence-electron chi connectivity index (χ3n) is 3.09. The van der Waals surface area contributed by atoms with Crippen LogP contribution >= 0.6 is 11.6 Å². The number of amides is 1. The molecule has 0 saturated carbocycles. The zero-order valence-electron chi connectivity index (χ0n) is 12.1. The highest BCUT2D eigenvalue weighted by Crippen LogP contribution is 2.17. The summed E-state index contributed by atoms with van der Waals surface area (Å²) < 4.78 is 2.54. The molecule has 7 nitrogen and oxygen atoms in total. The molecule has 0 bridgehead atoms. The second-order valence-electron chi connectivity index (χ2n) is 4.67. The number of aromatic nitrogens is 4. The molecule has 116 valence electrons. The van der Waals surface area contributed by atoms with Crippen LogP contribution in [0.1, 0.15) is 6.92 Å². The van der Waals surface area contributed by atoms with Gasteiger partial charge in [-0.15, -0.1) is 0 Å². The SMILES string of the molecule is C/C=C/C(=O)Nn1cnc2c(cnn2-c2cccc(Cl)c2)c1=O. The summed E-state index contributed by atoms with van der Waals surface area (Å²) in [6, 6.07) is 7.05. The van der Waals surface area contributed by atoms with E-state index in [0.29, 0.717) is 16.4 Å². The Bertz CT molecular complexity index is 973. The standard InChI is InChI=1S/C15H12ClN5O2/c1-2-4-13(22)19-20-9-17-14-12(15(20)23)8-18-21(14)11-6-3-5-10(16)7-11/h2-9H,1H3,(H,19,22)/b4-2+. The number of carbonyl (C=O) groups is 1. The minimum Gasteiger partial charge on any atom is -0.268 e. The summed E-state index contributed by atoms with van der Waals surface area (Å²) in [6.07, 6.45) is 5.54. The first-order chi connectivity index (χ1) is 11.1. The van der Waals surface area contributed by atoms with Crippen LogP contribution in [0.25, 0.3) is 16.7 Å². The van der Waals surface area contributed by atoms with Crippen molar-refractivity contribution in [3.8, 4) is 5.69 Å². The van der Waals surface area contributed by atoms with Crippen molar-refractivity contribution < 1.29 is 4.79 Å². The number of fused-ring (bicyclic) bond motifs is 1. The van der Waals surface area contributed by atoms with Gasteiger partial charge >= 0.3 is 0 Å². The van der Waals surface area contributed by atoms with Crippen molar-refractivity contribution >= 4 is 28.5 Å². The first kappa shape index (κ1) is 15.0. The number of rotatable bonds is 3. The van der Waals surface area contributed by atoms with Gasteiger partial charge in [-0.2, -0.15) is 5.10 Å². The minimum atomic E-state index is -0.419. The van der Waals surface area contributed by atoms with Crippen LogP contribution in [-0.2, 0) is 4.79 Å². The molecule has 1 N–H and O–H groups in total. The first-order valence-electron chi connectivity index (χ1n) is 6.75. The second-order valence-corrected chi connectivity index (χ2v) is 5.11. The molecule has 3 aromatic rings. The van der Waals surface area contributed by atoms with Crippen LogP contribution in [0.4, 0.5) is 0 Å². The van der Waals surface area contributed by atoms with Crippen molar-refractivity contribution in [3.05, 3.63) is 64.3 Å². The van der Waals surface area contributed by atoms with E-state index in [0.717, 1.165) is 4.68 Å². The number of nitrogens with zero attached hydrogens (tertiary/aromatic N) is 4. The number of benzene rings is 1. The molecule has 0 fully saturated rings. The Morgan fingerprint density at radius 3 is 2.96 bits per heavy atom. The molecule has 0 aliphatic rings. The van der Waals surface area contributed by atoms with Gasteiger partial charge < -0.3 is 0 Å². The van der Waals surface area contributed by atoms with Crippen molar-refractivity contribution in [1.82, 2.24) is 19.4 Å². The highest BCUT2D eigenvalue weighted by molar-refractivity contribution is 6.30. The fourth-order valence-corrected chi connectivity index (χ4v) is 2.28. The van der Waals surface area contributed by atoms with Gasteiger partial charge in [-0.05, 0) is 25.1 Å². The van der Waals surface area contributed by atoms with Crippen LogP contribution in [0, 0.1) is 0 Å². The van der Waals surface area contributed by atoms with Gasteiger partial charge in [0.1, 0.15) is 11.7 Å². The molecule has 23 heavy (non-hydrogen) atoms. The summed E-state index contributed by atoms with van der Waals surface area (Å²) in [5.41, 5.74) is 3.08. The number of halogens is 1. The molecule has 2 heterocycles. The summed E-state index contributed by atoms with van der Waals surface area (Å²) in [6.45, 7) is 1.71. The van der Waals surface area contributed by atoms with Crippen molar-refractivity contribution in [2.24, 2.45) is 0 Å². The molecule has 0 atom stereocenters. The fourth-order valence-electron chi connectivity index (χ4n) is 2.10. The van der Waals surface area contributed by atoms with E-state index in [9.17, 15) is 9.59 Å². The van der Waals surface area contributed by atoms with E-state index in [4.69, 9.17) is 11.6 Å². The Kier molecular flexibility index (Phi) is 3.94. The molecule has 0 aliphatic heterocycles. The number of hydrogen-bond donors (Lipinski definition) is 1. The third-order valence-corrected chi connectivity index (χ3v) is 3.33. The molecular formula is C15H12ClN5O2. The van der Waals surface area contributed by atoms with Crippen molar-refractivity contribution in [2.75, 3.05) is 5.43 Å². The predicted octanol–water partition coefficient (Wildman–Crippen LogP) is 1.88. The molecule has 0 aliphatic carbocycles. The number of hydrogen-bond acceptors (Lipinski definition) is 4. The highest BCUT2D eigenvalue weighted by atomic mass is 35.5. The van der Waals surface area contributed by atoms with Crippen LogP contribution < -0.4 is 11.0 Å². The summed E-state index contributed by atoms with van der Waals surface area (Å²) >= 11 is 5.98. The summed E-state index contributed by atoms with van der Waals surface area (Å²) in [4.78, 5) is 28.1. The van der Waals surface area contributed by atoms with E-state index in [1.165, 1.54) is 23.3 Å². The fraction of sp³-hybridized carbons (Fsp3) is 0.0667. The van der Waals surface area contributed by atoms with Crippen molar-refractivity contribution in [3.63, 3.8) is 0 Å². The quantitative estimate of drug-likeness (QED) is 0.744. The van der Waals surface area contributed by atoms with Gasteiger partial charge in [-0.25, -0.2) is 14.3 Å². The molecule has 0 spiro atoms. The van der Waals surface area contributed by atoms with Gasteiger partial charge in [-0.3, -0.25) is 15.0 Å². The van der Waals surface area contributed by atoms with Crippen LogP contribution in [0.5, 0.6) is 0 Å². The van der Waals surface area contributed by atoms with E-state index in [1.54, 1.807) is 37.3 Å². The zero-order valence-corrected chi connectivity index (χ0v) is 12.9. The Balaban J connectivity index is 2.08. The lowest BCUT2D eigenvalue weighted by Gasteiger charge is -2.06. The van der Waals surface area contributed by atoms with E-state index in [2.05, 4.69) is 15.5 Å². The first-order valence-corrected chi connectivity index (χ1v) is 7.13. The maximum absolute atomic E-state index is 12.4. The van der Waals surface area contributed by atoms with Gasteiger partial charge in [0, 0.05) is 11.1 Å². The highest BCUT2D eigenvalue weighted by Gasteiger charge is 2.12. The summed E-state index contributed by atoms with van der Waals surface area (Å²) in [7, 11) is 0. The van der Waals surface area contributed by atoms with Crippen LogP contribution in [-0.4, -0.2) is 25.3 Å². The molecule has 2 aromatic heterocycles. The lowest BCUT2D eigenvalue weighted by Crippen LogP contribution is -2.32. The van der Waals surface area contributed by atoms with Gasteiger partial charge in [0.05, 0.1) is 11.9 Å². The van der Waals surface area contributed by atoms with Gasteiger partial charge in [-0.1, -0.05) is 23.7 Å². The summed E-state index contributed by atoms with van der Waals surface area (Å²) in [5, 5.41) is 5.02. The maximum atomic E-state index is 12.4. The lowest BCUT2D eigenvalue weighted by molar-refractivity contribution is -0.112. The van der Waals surface area contributed by atoms with E-state index < -0.39 is 11.5 Å². The zero-order chi connectivity index (χ0) is 16.4. The van der Waals surface area contributed by atoms with Gasteiger partial charge in [0.15, 0.2) is 5.65 Å². The Morgan fingerprint density at radius 1 is 1.39 bits per heavy atom. The average molecular weight is 330 g/mol. The minimum absolute atomic E-state index is 0.285. The Labute approximate surface area is 135 Å². The van der Waals surface area contributed by atoms with E-state index in [1.807, 2.05) is 0 Å². The summed E-state index contributed by atoms with van der Waals surface area (Å²) in [5.74, 6) is -0.419. The average Bonchev–Trinajstić information content (AvgIpc) is 2.95. The molecule has 8 heteroatoms. The predicted molar refractivity (Wildman–Crippen MR) is 87.3 cm³/mol. The van der Waals surface area contributed by atoms with Crippen molar-refractivity contribution in [1.29, 1.82) is 0 Å². The Morgan fingerprint density at radius 2 is 2.22 bits per heavy atom. The monoisotopic (exact) mass is 329 g/mol. The second kappa shape index (κ2) is 6.05. The largest absolute Gasteiger partial charge is 0.283 e. The lowest BCUT2D eigenvalue weighted by atomic mass is 10.3. The Hall–Kier alpha value is -2.93. The van der Waals surface area contributed by atoms with E-state index in [-0.39, 0.29) is 5.39 Å². The molecule has 0 radical (unpaired) electrons. The van der Waals surface area contributed by atoms with Crippen LogP contribution in [0.15, 0.2) is 53.7 Å². The van der Waals surface area contributed by atoms with Crippen LogP contribution in [0.2, 0.25) is 5.02 Å². The van der Waals surface area contributed by atoms with Gasteiger partial charge in [0.25, 0.3) is 11.5 Å². The maximum Gasteiger partial charge on any atom is 0.283 e. The number of nitrogens with one attached hydrogen (secondary N) is 1. The molecule has 0 unspecified atom stereocenters. The molecule has 0 saturated heterocycles. The normalized spacial score (nSPS) is 11.2. The topological polar surface area (TPSA) is 81.8 Å². The molecule has 1 amide bonds. The molecule has 1 aromatic carbocycles. The molecule has 3 rings (SSSR count). The van der Waals surface area contributed by atoms with Crippen LogP contribution in [0.3, 0.4) is 0 Å². The third kappa shape index (κ3) is 2.86. The number of carbonyl (C=O) groups excluding carboxylic acids is 1. The van der Waals surface area contributed by atoms with Gasteiger partial charge in [0.2, 0.25) is 0 Å². The van der Waals surface area contributed by atoms with Crippen molar-refractivity contribution in [2.45, 2.75) is 6.92 Å².